The molecule has 0 aromatic heterocycles. The van der Waals surface area contributed by atoms with Crippen molar-refractivity contribution in [1.29, 1.82) is 0 Å². The molecule has 0 aliphatic heterocycles. The van der Waals surface area contributed by atoms with Gasteiger partial charge in [-0.15, -0.1) is 0 Å². The highest BCUT2D eigenvalue weighted by Crippen LogP contribution is 2.17. The van der Waals surface area contributed by atoms with Crippen LogP contribution in [0.1, 0.15) is 15.9 Å². The molecule has 3 nitrogen and oxygen atoms in total. The molecule has 5 heteroatoms. The highest BCUT2D eigenvalue weighted by Gasteiger charge is 2.10. The number of rotatable bonds is 4. The molecule has 0 aliphatic carbocycles. The van der Waals surface area contributed by atoms with Crippen molar-refractivity contribution in [2.75, 3.05) is 6.54 Å². The first kappa shape index (κ1) is 14.5. The number of carbonyl (C=O) groups is 1. The van der Waals surface area contributed by atoms with Gasteiger partial charge in [0, 0.05) is 11.0 Å². The smallest absolute Gasteiger partial charge is 0.252 e. The van der Waals surface area contributed by atoms with E-state index in [0.717, 1.165) is 5.56 Å². The number of phenols is 1. The molecular weight excluding hydrogens is 325 g/mol. The standard InChI is InChI=1S/C15H13BrFNO2/c16-14-9-11(17)3-6-13(14)15(20)18-8-7-10-1-4-12(19)5-2-10/h1-6,9,19H,7-8H2,(H,18,20). The third-order valence-electron chi connectivity index (χ3n) is 2.81. The molecule has 2 N–H and O–H groups in total. The minimum atomic E-state index is -0.391. The van der Waals surface area contributed by atoms with Crippen LogP contribution < -0.4 is 5.32 Å². The van der Waals surface area contributed by atoms with Crippen LogP contribution in [0.3, 0.4) is 0 Å². The lowest BCUT2D eigenvalue weighted by molar-refractivity contribution is 0.0953. The summed E-state index contributed by atoms with van der Waals surface area (Å²) in [6.07, 6.45) is 0.658. The molecule has 0 aliphatic rings. The van der Waals surface area contributed by atoms with Gasteiger partial charge >= 0.3 is 0 Å². The Kier molecular flexibility index (Phi) is 4.74. The van der Waals surface area contributed by atoms with Gasteiger partial charge in [0.1, 0.15) is 11.6 Å². The summed E-state index contributed by atoms with van der Waals surface area (Å²) >= 11 is 3.16. The number of benzene rings is 2. The number of phenolic OH excluding ortho intramolecular Hbond substituents is 1. The second-order valence-corrected chi connectivity index (χ2v) is 5.15. The van der Waals surface area contributed by atoms with Gasteiger partial charge in [0.25, 0.3) is 5.91 Å². The number of nitrogens with one attached hydrogen (secondary N) is 1. The monoisotopic (exact) mass is 337 g/mol. The van der Waals surface area contributed by atoms with E-state index in [0.29, 0.717) is 23.0 Å². The van der Waals surface area contributed by atoms with Crippen molar-refractivity contribution in [2.24, 2.45) is 0 Å². The fourth-order valence-corrected chi connectivity index (χ4v) is 2.28. The quantitative estimate of drug-likeness (QED) is 0.899. The molecule has 104 valence electrons. The van der Waals surface area contributed by atoms with E-state index in [1.165, 1.54) is 18.2 Å². The van der Waals surface area contributed by atoms with Crippen molar-refractivity contribution in [1.82, 2.24) is 5.32 Å². The van der Waals surface area contributed by atoms with Gasteiger partial charge in [0.2, 0.25) is 0 Å². The van der Waals surface area contributed by atoms with Gasteiger partial charge in [-0.1, -0.05) is 12.1 Å². The Morgan fingerprint density at radius 1 is 1.20 bits per heavy atom. The molecule has 0 atom stereocenters. The maximum atomic E-state index is 12.9. The second kappa shape index (κ2) is 6.52. The van der Waals surface area contributed by atoms with Gasteiger partial charge in [-0.2, -0.15) is 0 Å². The zero-order valence-electron chi connectivity index (χ0n) is 10.6. The van der Waals surface area contributed by atoms with Crippen molar-refractivity contribution in [2.45, 2.75) is 6.42 Å². The summed E-state index contributed by atoms with van der Waals surface area (Å²) in [7, 11) is 0. The molecule has 0 bridgehead atoms. The molecule has 0 spiro atoms. The van der Waals surface area contributed by atoms with Crippen LogP contribution in [0, 0.1) is 5.82 Å². The zero-order valence-corrected chi connectivity index (χ0v) is 12.2. The molecule has 0 radical (unpaired) electrons. The third-order valence-corrected chi connectivity index (χ3v) is 3.47. The fraction of sp³-hybridized carbons (Fsp3) is 0.133. The Bertz CT molecular complexity index is 614. The van der Waals surface area contributed by atoms with E-state index in [4.69, 9.17) is 5.11 Å². The molecular formula is C15H13BrFNO2. The van der Waals surface area contributed by atoms with Crippen molar-refractivity contribution < 1.29 is 14.3 Å². The van der Waals surface area contributed by atoms with Gasteiger partial charge in [0.15, 0.2) is 0 Å². The number of carbonyl (C=O) groups excluding carboxylic acids is 1. The summed E-state index contributed by atoms with van der Waals surface area (Å²) in [4.78, 5) is 11.9. The van der Waals surface area contributed by atoms with E-state index >= 15 is 0 Å². The second-order valence-electron chi connectivity index (χ2n) is 4.30. The van der Waals surface area contributed by atoms with E-state index in [9.17, 15) is 9.18 Å². The van der Waals surface area contributed by atoms with E-state index in [2.05, 4.69) is 21.2 Å². The number of hydrogen-bond donors (Lipinski definition) is 2. The molecule has 2 aromatic carbocycles. The molecule has 20 heavy (non-hydrogen) atoms. The third kappa shape index (κ3) is 3.81. The minimum absolute atomic E-state index is 0.216. The molecule has 1 amide bonds. The van der Waals surface area contributed by atoms with Crippen LogP contribution in [0.4, 0.5) is 4.39 Å². The molecule has 0 saturated heterocycles. The lowest BCUT2D eigenvalue weighted by Gasteiger charge is -2.07. The summed E-state index contributed by atoms with van der Waals surface area (Å²) in [5, 5.41) is 11.9. The topological polar surface area (TPSA) is 49.3 Å². The minimum Gasteiger partial charge on any atom is -0.508 e. The van der Waals surface area contributed by atoms with Gasteiger partial charge in [0.05, 0.1) is 5.56 Å². The Balaban J connectivity index is 1.90. The van der Waals surface area contributed by atoms with E-state index in [1.807, 2.05) is 0 Å². The van der Waals surface area contributed by atoms with Crippen LogP contribution in [0.15, 0.2) is 46.9 Å². The number of aromatic hydroxyl groups is 1. The maximum absolute atomic E-state index is 12.9. The van der Waals surface area contributed by atoms with Crippen molar-refractivity contribution in [3.05, 3.63) is 63.9 Å². The summed E-state index contributed by atoms with van der Waals surface area (Å²) < 4.78 is 13.4. The predicted octanol–water partition coefficient (Wildman–Crippen LogP) is 3.27. The van der Waals surface area contributed by atoms with Crippen molar-refractivity contribution >= 4 is 21.8 Å². The van der Waals surface area contributed by atoms with Crippen LogP contribution in [0.5, 0.6) is 5.75 Å². The first-order chi connectivity index (χ1) is 9.56. The zero-order chi connectivity index (χ0) is 14.5. The highest BCUT2D eigenvalue weighted by molar-refractivity contribution is 9.10. The Morgan fingerprint density at radius 3 is 2.55 bits per heavy atom. The lowest BCUT2D eigenvalue weighted by atomic mass is 10.1. The van der Waals surface area contributed by atoms with Crippen LogP contribution in [0.2, 0.25) is 0 Å². The summed E-state index contributed by atoms with van der Waals surface area (Å²) in [5.74, 6) is -0.429. The number of hydrogen-bond acceptors (Lipinski definition) is 2. The highest BCUT2D eigenvalue weighted by atomic mass is 79.9. The van der Waals surface area contributed by atoms with Crippen LogP contribution in [0.25, 0.3) is 0 Å². The predicted molar refractivity (Wildman–Crippen MR) is 78.2 cm³/mol. The largest absolute Gasteiger partial charge is 0.508 e. The summed E-state index contributed by atoms with van der Waals surface area (Å²) in [6, 6.07) is 10.8. The van der Waals surface area contributed by atoms with E-state index < -0.39 is 5.82 Å². The normalized spacial score (nSPS) is 10.3. The van der Waals surface area contributed by atoms with E-state index in [1.54, 1.807) is 24.3 Å². The lowest BCUT2D eigenvalue weighted by Crippen LogP contribution is -2.26. The van der Waals surface area contributed by atoms with E-state index in [-0.39, 0.29) is 11.7 Å². The molecule has 0 saturated carbocycles. The molecule has 0 fully saturated rings. The SMILES string of the molecule is O=C(NCCc1ccc(O)cc1)c1ccc(F)cc1Br. The summed E-state index contributed by atoms with van der Waals surface area (Å²) in [6.45, 7) is 0.466. The van der Waals surface area contributed by atoms with Gasteiger partial charge < -0.3 is 10.4 Å². The number of amides is 1. The average Bonchev–Trinajstić information content (AvgIpc) is 2.41. The Hall–Kier alpha value is -1.88. The Morgan fingerprint density at radius 2 is 1.90 bits per heavy atom. The molecule has 2 rings (SSSR count). The molecule has 2 aromatic rings. The first-order valence-corrected chi connectivity index (χ1v) is 6.87. The van der Waals surface area contributed by atoms with Crippen LogP contribution in [-0.2, 0) is 6.42 Å². The first-order valence-electron chi connectivity index (χ1n) is 6.07. The van der Waals surface area contributed by atoms with Crippen molar-refractivity contribution in [3.63, 3.8) is 0 Å². The average molecular weight is 338 g/mol. The Labute approximate surface area is 124 Å². The van der Waals surface area contributed by atoms with Crippen molar-refractivity contribution in [3.8, 4) is 5.75 Å². The summed E-state index contributed by atoms with van der Waals surface area (Å²) in [5.41, 5.74) is 1.42. The maximum Gasteiger partial charge on any atom is 0.252 e. The van der Waals surface area contributed by atoms with Gasteiger partial charge in [-0.3, -0.25) is 4.79 Å². The van der Waals surface area contributed by atoms with Crippen LogP contribution in [-0.4, -0.2) is 17.6 Å². The molecule has 0 heterocycles. The van der Waals surface area contributed by atoms with Gasteiger partial charge in [-0.05, 0) is 58.2 Å². The van der Waals surface area contributed by atoms with Gasteiger partial charge in [-0.25, -0.2) is 4.39 Å². The number of halogens is 2. The fourth-order valence-electron chi connectivity index (χ4n) is 1.75. The van der Waals surface area contributed by atoms with Crippen LogP contribution >= 0.6 is 15.9 Å². The molecule has 0 unspecified atom stereocenters.